The highest BCUT2D eigenvalue weighted by Gasteiger charge is 2.46. The SMILES string of the molecule is CNC(=O)NC1=NC(C(F)(F)F)N(C)C(OC)=N1. The molecule has 1 unspecified atom stereocenters. The third kappa shape index (κ3) is 3.02. The molecule has 1 aliphatic rings. The predicted octanol–water partition coefficient (Wildman–Crippen LogP) is 0.108. The zero-order chi connectivity index (χ0) is 13.9. The molecule has 1 rings (SSSR count). The highest BCUT2D eigenvalue weighted by molar-refractivity contribution is 6.02. The number of aliphatic imine (C=N–C) groups is 2. The number of amides is 2. The average molecular weight is 267 g/mol. The van der Waals surface area contributed by atoms with Gasteiger partial charge in [0.1, 0.15) is 0 Å². The topological polar surface area (TPSA) is 78.3 Å². The molecule has 0 aliphatic carbocycles. The average Bonchev–Trinajstić information content (AvgIpc) is 2.29. The molecule has 0 aromatic heterocycles. The van der Waals surface area contributed by atoms with E-state index in [0.29, 0.717) is 0 Å². The van der Waals surface area contributed by atoms with Crippen molar-refractivity contribution in [1.29, 1.82) is 0 Å². The van der Waals surface area contributed by atoms with Crippen molar-refractivity contribution in [3.8, 4) is 0 Å². The number of amidine groups is 1. The Bertz CT molecular complexity index is 393. The first-order valence-electron chi connectivity index (χ1n) is 4.78. The Labute approximate surface area is 101 Å². The van der Waals surface area contributed by atoms with Crippen LogP contribution in [-0.2, 0) is 4.74 Å². The van der Waals surface area contributed by atoms with Crippen molar-refractivity contribution in [3.05, 3.63) is 0 Å². The molecule has 1 heterocycles. The van der Waals surface area contributed by atoms with Crippen molar-refractivity contribution in [3.63, 3.8) is 0 Å². The van der Waals surface area contributed by atoms with Crippen LogP contribution in [0.2, 0.25) is 0 Å². The standard InChI is InChI=1S/C8H12F3N5O2/c1-12-6(17)14-5-13-4(8(9,10)11)16(2)7(15-5)18-3/h4H,1-3H3,(H2,12,13,14,17). The maximum Gasteiger partial charge on any atom is 0.429 e. The van der Waals surface area contributed by atoms with Crippen molar-refractivity contribution in [1.82, 2.24) is 15.5 Å². The number of carbonyl (C=O) groups excluding carboxylic acids is 1. The lowest BCUT2D eigenvalue weighted by Gasteiger charge is -2.31. The van der Waals surface area contributed by atoms with Crippen LogP contribution in [0.4, 0.5) is 18.0 Å². The number of alkyl halides is 3. The number of nitrogens with zero attached hydrogens (tertiary/aromatic N) is 3. The number of methoxy groups -OCH3 is 1. The lowest BCUT2D eigenvalue weighted by Crippen LogP contribution is -2.51. The second kappa shape index (κ2) is 5.10. The van der Waals surface area contributed by atoms with E-state index in [1.807, 2.05) is 0 Å². The summed E-state index contributed by atoms with van der Waals surface area (Å²) in [6.07, 6.45) is -6.76. The van der Waals surface area contributed by atoms with Crippen molar-refractivity contribution >= 4 is 18.0 Å². The number of guanidine groups is 1. The Morgan fingerprint density at radius 3 is 2.56 bits per heavy atom. The van der Waals surface area contributed by atoms with Gasteiger partial charge in [-0.25, -0.2) is 9.79 Å². The van der Waals surface area contributed by atoms with E-state index >= 15 is 0 Å². The number of urea groups is 1. The smallest absolute Gasteiger partial charge is 0.429 e. The molecule has 0 spiro atoms. The van der Waals surface area contributed by atoms with E-state index in [1.165, 1.54) is 14.2 Å². The maximum atomic E-state index is 12.7. The number of carbonyl (C=O) groups is 1. The van der Waals surface area contributed by atoms with Gasteiger partial charge in [-0.2, -0.15) is 18.2 Å². The molecular formula is C8H12F3N5O2. The van der Waals surface area contributed by atoms with E-state index in [-0.39, 0.29) is 6.02 Å². The fourth-order valence-corrected chi connectivity index (χ4v) is 1.21. The highest BCUT2D eigenvalue weighted by Crippen LogP contribution is 2.27. The molecule has 1 atom stereocenters. The lowest BCUT2D eigenvalue weighted by molar-refractivity contribution is -0.171. The largest absolute Gasteiger partial charge is 0.468 e. The van der Waals surface area contributed by atoms with Crippen LogP contribution in [0.15, 0.2) is 9.98 Å². The first kappa shape index (κ1) is 14.1. The minimum atomic E-state index is -4.61. The van der Waals surface area contributed by atoms with Crippen molar-refractivity contribution in [2.24, 2.45) is 9.98 Å². The number of halogens is 3. The number of rotatable bonds is 0. The van der Waals surface area contributed by atoms with Crippen LogP contribution < -0.4 is 10.6 Å². The third-order valence-corrected chi connectivity index (χ3v) is 2.04. The zero-order valence-corrected chi connectivity index (χ0v) is 9.87. The number of ether oxygens (including phenoxy) is 1. The van der Waals surface area contributed by atoms with Gasteiger partial charge in [0, 0.05) is 14.1 Å². The van der Waals surface area contributed by atoms with Gasteiger partial charge in [-0.15, -0.1) is 0 Å². The number of hydrogen-bond donors (Lipinski definition) is 2. The van der Waals surface area contributed by atoms with E-state index in [9.17, 15) is 18.0 Å². The van der Waals surface area contributed by atoms with Gasteiger partial charge in [0.15, 0.2) is 0 Å². The Morgan fingerprint density at radius 1 is 1.50 bits per heavy atom. The molecule has 0 aromatic rings. The number of hydrogen-bond acceptors (Lipinski definition) is 5. The van der Waals surface area contributed by atoms with Gasteiger partial charge >= 0.3 is 12.2 Å². The highest BCUT2D eigenvalue weighted by atomic mass is 19.4. The van der Waals surface area contributed by atoms with Gasteiger partial charge in [-0.1, -0.05) is 0 Å². The van der Waals surface area contributed by atoms with E-state index < -0.39 is 24.3 Å². The molecule has 0 bridgehead atoms. The summed E-state index contributed by atoms with van der Waals surface area (Å²) in [4.78, 5) is 18.7. The van der Waals surface area contributed by atoms with E-state index in [4.69, 9.17) is 4.74 Å². The molecule has 0 saturated heterocycles. The Hall–Kier alpha value is -2.00. The molecule has 102 valence electrons. The van der Waals surface area contributed by atoms with Crippen molar-refractivity contribution < 1.29 is 22.7 Å². The summed E-state index contributed by atoms with van der Waals surface area (Å²) in [6, 6.07) is -1.02. The van der Waals surface area contributed by atoms with Crippen LogP contribution in [0.5, 0.6) is 0 Å². The fourth-order valence-electron chi connectivity index (χ4n) is 1.21. The van der Waals surface area contributed by atoms with Gasteiger partial charge in [0.25, 0.3) is 6.02 Å². The third-order valence-electron chi connectivity index (χ3n) is 2.04. The summed E-state index contributed by atoms with van der Waals surface area (Å²) in [5, 5.41) is 4.24. The molecular weight excluding hydrogens is 255 g/mol. The summed E-state index contributed by atoms with van der Waals surface area (Å²) in [6.45, 7) is 0. The first-order valence-corrected chi connectivity index (χ1v) is 4.78. The summed E-state index contributed by atoms with van der Waals surface area (Å²) in [5.74, 6) is -0.466. The zero-order valence-electron chi connectivity index (χ0n) is 9.87. The molecule has 7 nitrogen and oxygen atoms in total. The van der Waals surface area contributed by atoms with E-state index in [1.54, 1.807) is 0 Å². The number of nitrogens with one attached hydrogen (secondary N) is 2. The molecule has 0 fully saturated rings. The first-order chi connectivity index (χ1) is 8.29. The van der Waals surface area contributed by atoms with Crippen molar-refractivity contribution in [2.45, 2.75) is 12.3 Å². The minimum absolute atomic E-state index is 0.293. The van der Waals surface area contributed by atoms with Gasteiger partial charge in [0.2, 0.25) is 12.1 Å². The molecule has 0 aromatic carbocycles. The molecule has 2 N–H and O–H groups in total. The molecule has 2 amide bonds. The predicted molar refractivity (Wildman–Crippen MR) is 57.1 cm³/mol. The van der Waals surface area contributed by atoms with E-state index in [2.05, 4.69) is 20.6 Å². The van der Waals surface area contributed by atoms with Crippen LogP contribution >= 0.6 is 0 Å². The van der Waals surface area contributed by atoms with Gasteiger partial charge in [-0.3, -0.25) is 10.2 Å². The Balaban J connectivity index is 3.01. The molecule has 10 heteroatoms. The van der Waals surface area contributed by atoms with Gasteiger partial charge in [-0.05, 0) is 0 Å². The van der Waals surface area contributed by atoms with Crippen LogP contribution in [0, 0.1) is 0 Å². The van der Waals surface area contributed by atoms with Crippen LogP contribution in [0.3, 0.4) is 0 Å². The fraction of sp³-hybridized carbons (Fsp3) is 0.625. The Morgan fingerprint density at radius 2 is 2.11 bits per heavy atom. The second-order valence-electron chi connectivity index (χ2n) is 3.28. The molecule has 0 saturated carbocycles. The summed E-state index contributed by atoms with van der Waals surface area (Å²) in [7, 11) is 3.62. The van der Waals surface area contributed by atoms with Crippen LogP contribution in [-0.4, -0.2) is 56.5 Å². The Kier molecular flexibility index (Phi) is 3.99. The minimum Gasteiger partial charge on any atom is -0.468 e. The van der Waals surface area contributed by atoms with Gasteiger partial charge in [0.05, 0.1) is 7.11 Å². The van der Waals surface area contributed by atoms with Gasteiger partial charge < -0.3 is 10.1 Å². The molecule has 0 radical (unpaired) electrons. The maximum absolute atomic E-state index is 12.7. The molecule has 18 heavy (non-hydrogen) atoms. The van der Waals surface area contributed by atoms with E-state index in [0.717, 1.165) is 11.9 Å². The monoisotopic (exact) mass is 267 g/mol. The quantitative estimate of drug-likeness (QED) is 0.653. The van der Waals surface area contributed by atoms with Crippen LogP contribution in [0.25, 0.3) is 0 Å². The van der Waals surface area contributed by atoms with Crippen LogP contribution in [0.1, 0.15) is 0 Å². The summed E-state index contributed by atoms with van der Waals surface area (Å²) >= 11 is 0. The van der Waals surface area contributed by atoms with Crippen molar-refractivity contribution in [2.75, 3.05) is 21.2 Å². The second-order valence-corrected chi connectivity index (χ2v) is 3.28. The lowest BCUT2D eigenvalue weighted by atomic mass is 10.4. The molecule has 1 aliphatic heterocycles. The summed E-state index contributed by atoms with van der Waals surface area (Å²) < 4.78 is 42.8. The summed E-state index contributed by atoms with van der Waals surface area (Å²) in [5.41, 5.74) is 0. The normalized spacial score (nSPS) is 19.9.